The van der Waals surface area contributed by atoms with E-state index < -0.39 is 0 Å². The van der Waals surface area contributed by atoms with Crippen molar-refractivity contribution in [3.05, 3.63) is 24.4 Å². The van der Waals surface area contributed by atoms with Crippen molar-refractivity contribution in [3.63, 3.8) is 0 Å². The fourth-order valence-corrected chi connectivity index (χ4v) is 5.08. The molecule has 0 bridgehead atoms. The molecule has 1 unspecified atom stereocenters. The Hall–Kier alpha value is -2.68. The highest BCUT2D eigenvalue weighted by molar-refractivity contribution is 8.00. The Morgan fingerprint density at radius 1 is 1.23 bits per heavy atom. The monoisotopic (exact) mass is 444 g/mol. The van der Waals surface area contributed by atoms with Gasteiger partial charge in [-0.25, -0.2) is 4.98 Å². The van der Waals surface area contributed by atoms with Crippen LogP contribution in [0, 0.1) is 5.92 Å². The number of carbonyl (C=O) groups is 2. The molecular formula is C22H28N4O4S. The zero-order valence-electron chi connectivity index (χ0n) is 17.9. The maximum absolute atomic E-state index is 12.9. The standard InChI is InChI=1S/C22H28N4O4S/c1-3-26-17(16-4-5-18-19(12-16)30-11-10-29-18)13-24-22(26)31-14(2)21(28)25-8-6-15(7-9-25)20(23)27/h4-5,12-15H,3,6-11H2,1-2H3,(H2,23,27). The molecule has 31 heavy (non-hydrogen) atoms. The van der Waals surface area contributed by atoms with Crippen molar-refractivity contribution >= 4 is 23.6 Å². The number of imidazole rings is 1. The van der Waals surface area contributed by atoms with E-state index in [1.54, 1.807) is 0 Å². The van der Waals surface area contributed by atoms with Crippen molar-refractivity contribution in [2.24, 2.45) is 11.7 Å². The largest absolute Gasteiger partial charge is 0.486 e. The number of hydrogen-bond acceptors (Lipinski definition) is 6. The summed E-state index contributed by atoms with van der Waals surface area (Å²) in [6, 6.07) is 5.90. The van der Waals surface area contributed by atoms with E-state index in [1.165, 1.54) is 11.8 Å². The molecule has 0 aliphatic carbocycles. The van der Waals surface area contributed by atoms with Gasteiger partial charge in [-0.3, -0.25) is 9.59 Å². The summed E-state index contributed by atoms with van der Waals surface area (Å²) < 4.78 is 13.4. The van der Waals surface area contributed by atoms with Crippen molar-refractivity contribution in [2.45, 2.75) is 43.6 Å². The molecule has 1 fully saturated rings. The minimum Gasteiger partial charge on any atom is -0.486 e. The van der Waals surface area contributed by atoms with Gasteiger partial charge in [0.05, 0.1) is 17.1 Å². The highest BCUT2D eigenvalue weighted by Crippen LogP contribution is 2.36. The van der Waals surface area contributed by atoms with Gasteiger partial charge in [-0.2, -0.15) is 0 Å². The van der Waals surface area contributed by atoms with Gasteiger partial charge in [0.15, 0.2) is 16.7 Å². The second-order valence-corrected chi connectivity index (χ2v) is 9.10. The molecule has 9 heteroatoms. The molecule has 166 valence electrons. The van der Waals surface area contributed by atoms with Crippen LogP contribution < -0.4 is 15.2 Å². The van der Waals surface area contributed by atoms with E-state index in [4.69, 9.17) is 15.2 Å². The van der Waals surface area contributed by atoms with Crippen molar-refractivity contribution < 1.29 is 19.1 Å². The zero-order chi connectivity index (χ0) is 22.0. The average Bonchev–Trinajstić information content (AvgIpc) is 3.20. The number of amides is 2. The molecule has 1 atom stereocenters. The van der Waals surface area contributed by atoms with Gasteiger partial charge in [0, 0.05) is 31.1 Å². The molecule has 1 aromatic carbocycles. The molecule has 1 aromatic heterocycles. The fourth-order valence-electron chi connectivity index (χ4n) is 4.04. The lowest BCUT2D eigenvalue weighted by molar-refractivity contribution is -0.134. The summed E-state index contributed by atoms with van der Waals surface area (Å²) >= 11 is 1.46. The Balaban J connectivity index is 1.46. The lowest BCUT2D eigenvalue weighted by Gasteiger charge is -2.32. The summed E-state index contributed by atoms with van der Waals surface area (Å²) in [5, 5.41) is 0.534. The molecular weight excluding hydrogens is 416 g/mol. The van der Waals surface area contributed by atoms with Gasteiger partial charge in [-0.15, -0.1) is 0 Å². The van der Waals surface area contributed by atoms with E-state index in [1.807, 2.05) is 36.2 Å². The fraction of sp³-hybridized carbons (Fsp3) is 0.500. The van der Waals surface area contributed by atoms with Crippen LogP contribution in [0.2, 0.25) is 0 Å². The summed E-state index contributed by atoms with van der Waals surface area (Å²) in [4.78, 5) is 30.7. The first-order valence-electron chi connectivity index (χ1n) is 10.7. The Bertz CT molecular complexity index is 968. The minimum absolute atomic E-state index is 0.0689. The average molecular weight is 445 g/mol. The quantitative estimate of drug-likeness (QED) is 0.688. The van der Waals surface area contributed by atoms with Crippen LogP contribution in [0.4, 0.5) is 0 Å². The van der Waals surface area contributed by atoms with E-state index in [-0.39, 0.29) is 23.0 Å². The summed E-state index contributed by atoms with van der Waals surface area (Å²) in [6.45, 7) is 6.95. The second-order valence-electron chi connectivity index (χ2n) is 7.79. The molecule has 0 radical (unpaired) electrons. The number of aromatic nitrogens is 2. The van der Waals surface area contributed by atoms with Gasteiger partial charge < -0.3 is 24.7 Å². The number of primary amides is 1. The first-order chi connectivity index (χ1) is 15.0. The Labute approximate surface area is 186 Å². The van der Waals surface area contributed by atoms with Crippen molar-refractivity contribution in [1.82, 2.24) is 14.5 Å². The maximum Gasteiger partial charge on any atom is 0.235 e. The molecule has 2 amide bonds. The number of ether oxygens (including phenoxy) is 2. The van der Waals surface area contributed by atoms with Crippen LogP contribution in [0.5, 0.6) is 11.5 Å². The highest BCUT2D eigenvalue weighted by atomic mass is 32.2. The van der Waals surface area contributed by atoms with E-state index in [2.05, 4.69) is 16.5 Å². The van der Waals surface area contributed by atoms with Crippen LogP contribution >= 0.6 is 11.8 Å². The number of nitrogens with zero attached hydrogens (tertiary/aromatic N) is 3. The summed E-state index contributed by atoms with van der Waals surface area (Å²) in [5.74, 6) is 1.17. The van der Waals surface area contributed by atoms with Crippen LogP contribution in [-0.4, -0.2) is 57.8 Å². The van der Waals surface area contributed by atoms with Crippen LogP contribution in [0.25, 0.3) is 11.3 Å². The predicted molar refractivity (Wildman–Crippen MR) is 118 cm³/mol. The number of nitrogens with two attached hydrogens (primary N) is 1. The Kier molecular flexibility index (Phi) is 6.41. The molecule has 3 heterocycles. The normalized spacial score (nSPS) is 17.4. The SMILES string of the molecule is CCn1c(-c2ccc3c(c2)OCCO3)cnc1SC(C)C(=O)N1CCC(C(N)=O)CC1. The molecule has 2 aliphatic rings. The van der Waals surface area contributed by atoms with E-state index in [0.717, 1.165) is 34.5 Å². The highest BCUT2D eigenvalue weighted by Gasteiger charge is 2.29. The summed E-state index contributed by atoms with van der Waals surface area (Å²) in [6.07, 6.45) is 3.11. The molecule has 2 aliphatic heterocycles. The van der Waals surface area contributed by atoms with Gasteiger partial charge in [0.25, 0.3) is 0 Å². The van der Waals surface area contributed by atoms with Crippen molar-refractivity contribution in [1.29, 1.82) is 0 Å². The molecule has 8 nitrogen and oxygen atoms in total. The third kappa shape index (κ3) is 4.51. The Morgan fingerprint density at radius 2 is 1.94 bits per heavy atom. The zero-order valence-corrected chi connectivity index (χ0v) is 18.7. The molecule has 2 aromatic rings. The number of rotatable bonds is 6. The minimum atomic E-state index is -0.272. The van der Waals surface area contributed by atoms with Crippen molar-refractivity contribution in [3.8, 4) is 22.8 Å². The number of fused-ring (bicyclic) bond motifs is 1. The number of thioether (sulfide) groups is 1. The lowest BCUT2D eigenvalue weighted by Crippen LogP contribution is -2.44. The van der Waals surface area contributed by atoms with Gasteiger partial charge >= 0.3 is 0 Å². The van der Waals surface area contributed by atoms with Crippen LogP contribution in [0.15, 0.2) is 29.6 Å². The molecule has 1 saturated heterocycles. The van der Waals surface area contributed by atoms with Crippen molar-refractivity contribution in [2.75, 3.05) is 26.3 Å². The third-order valence-corrected chi connectivity index (χ3v) is 6.90. The first kappa shape index (κ1) is 21.5. The smallest absolute Gasteiger partial charge is 0.235 e. The van der Waals surface area contributed by atoms with Gasteiger partial charge in [0.2, 0.25) is 11.8 Å². The van der Waals surface area contributed by atoms with Crippen LogP contribution in [0.1, 0.15) is 26.7 Å². The number of likely N-dealkylation sites (tertiary alicyclic amines) is 1. The number of piperidine rings is 1. The van der Waals surface area contributed by atoms with Crippen LogP contribution in [-0.2, 0) is 16.1 Å². The predicted octanol–water partition coefficient (Wildman–Crippen LogP) is 2.55. The molecule has 0 spiro atoms. The van der Waals surface area contributed by atoms with E-state index in [0.29, 0.717) is 39.1 Å². The number of benzene rings is 1. The van der Waals surface area contributed by atoms with E-state index >= 15 is 0 Å². The summed E-state index contributed by atoms with van der Waals surface area (Å²) in [7, 11) is 0. The first-order valence-corrected chi connectivity index (χ1v) is 11.6. The summed E-state index contributed by atoms with van der Waals surface area (Å²) in [5.41, 5.74) is 7.37. The lowest BCUT2D eigenvalue weighted by atomic mass is 9.96. The second kappa shape index (κ2) is 9.21. The topological polar surface area (TPSA) is 99.7 Å². The molecule has 2 N–H and O–H groups in total. The van der Waals surface area contributed by atoms with E-state index in [9.17, 15) is 9.59 Å². The van der Waals surface area contributed by atoms with Gasteiger partial charge in [0.1, 0.15) is 13.2 Å². The molecule has 0 saturated carbocycles. The third-order valence-electron chi connectivity index (χ3n) is 5.81. The maximum atomic E-state index is 12.9. The van der Waals surface area contributed by atoms with Gasteiger partial charge in [-0.05, 0) is 44.9 Å². The Morgan fingerprint density at radius 3 is 2.61 bits per heavy atom. The van der Waals surface area contributed by atoms with Crippen LogP contribution in [0.3, 0.4) is 0 Å². The molecule has 4 rings (SSSR count). The van der Waals surface area contributed by atoms with Gasteiger partial charge in [-0.1, -0.05) is 11.8 Å². The number of hydrogen-bond donors (Lipinski definition) is 1. The number of carbonyl (C=O) groups excluding carboxylic acids is 2.